The van der Waals surface area contributed by atoms with Gasteiger partial charge in [-0.25, -0.2) is 0 Å². The van der Waals surface area contributed by atoms with E-state index in [9.17, 15) is 4.79 Å². The van der Waals surface area contributed by atoms with Crippen LogP contribution in [0.4, 0.5) is 0 Å². The van der Waals surface area contributed by atoms with E-state index < -0.39 is 0 Å². The van der Waals surface area contributed by atoms with Crippen molar-refractivity contribution in [3.63, 3.8) is 0 Å². The van der Waals surface area contributed by atoms with Crippen LogP contribution < -0.4 is 0 Å². The number of carbonyl (C=O) groups excluding carboxylic acids is 1. The van der Waals surface area contributed by atoms with E-state index in [1.807, 2.05) is 20.9 Å². The first-order valence-electron chi connectivity index (χ1n) is 7.39. The molecule has 2 rings (SSSR count). The molecule has 0 aromatic heterocycles. The number of rotatable bonds is 5. The molecule has 1 aromatic rings. The summed E-state index contributed by atoms with van der Waals surface area (Å²) in [5.41, 5.74) is 3.10. The van der Waals surface area contributed by atoms with Crippen molar-refractivity contribution in [3.05, 3.63) is 35.4 Å². The number of hydrogen-bond acceptors (Lipinski definition) is 1. The molecular weight excluding hydrogens is 234 g/mol. The van der Waals surface area contributed by atoms with Gasteiger partial charge >= 0.3 is 0 Å². The number of aryl methyl sites for hydroxylation is 1. The van der Waals surface area contributed by atoms with Gasteiger partial charge in [-0.1, -0.05) is 50.1 Å². The van der Waals surface area contributed by atoms with Gasteiger partial charge in [0.2, 0.25) is 6.41 Å². The van der Waals surface area contributed by atoms with E-state index in [1.165, 1.54) is 30.4 Å². The second-order valence-electron chi connectivity index (χ2n) is 5.34. The highest BCUT2D eigenvalue weighted by molar-refractivity contribution is 5.46. The first kappa shape index (κ1) is 15.7. The second-order valence-corrected chi connectivity index (χ2v) is 5.34. The molecule has 0 heterocycles. The third-order valence-corrected chi connectivity index (χ3v) is 4.10. The molecule has 1 fully saturated rings. The smallest absolute Gasteiger partial charge is 0.209 e. The summed E-state index contributed by atoms with van der Waals surface area (Å²) in [5.74, 6) is 0. The zero-order valence-corrected chi connectivity index (χ0v) is 12.8. The van der Waals surface area contributed by atoms with Gasteiger partial charge in [-0.05, 0) is 37.2 Å². The summed E-state index contributed by atoms with van der Waals surface area (Å²) in [6, 6.07) is 8.91. The highest BCUT2D eigenvalue weighted by atomic mass is 16.1. The Hall–Kier alpha value is -1.31. The zero-order valence-electron chi connectivity index (χ0n) is 12.8. The molecule has 0 spiro atoms. The lowest BCUT2D eigenvalue weighted by Gasteiger charge is -2.43. The summed E-state index contributed by atoms with van der Waals surface area (Å²) in [7, 11) is 1.86. The summed E-state index contributed by atoms with van der Waals surface area (Å²) < 4.78 is 0. The molecule has 1 amide bonds. The van der Waals surface area contributed by atoms with Gasteiger partial charge < -0.3 is 4.90 Å². The molecule has 0 atom stereocenters. The summed E-state index contributed by atoms with van der Waals surface area (Å²) in [6.07, 6.45) is 5.86. The van der Waals surface area contributed by atoms with Gasteiger partial charge in [0, 0.05) is 13.6 Å². The van der Waals surface area contributed by atoms with Gasteiger partial charge in [-0.2, -0.15) is 0 Å². The first-order chi connectivity index (χ1) is 9.16. The van der Waals surface area contributed by atoms with Gasteiger partial charge in [0.25, 0.3) is 0 Å². The average Bonchev–Trinajstić information content (AvgIpc) is 2.41. The highest BCUT2D eigenvalue weighted by Gasteiger charge is 2.38. The van der Waals surface area contributed by atoms with E-state index in [0.717, 1.165) is 19.4 Å². The van der Waals surface area contributed by atoms with E-state index in [4.69, 9.17) is 0 Å². The molecule has 1 aliphatic carbocycles. The van der Waals surface area contributed by atoms with Gasteiger partial charge in [-0.15, -0.1) is 0 Å². The Morgan fingerprint density at radius 3 is 2.21 bits per heavy atom. The minimum atomic E-state index is 0.338. The summed E-state index contributed by atoms with van der Waals surface area (Å²) in [6.45, 7) is 6.98. The SMILES string of the molecule is CC.Cc1ccc(C2(CCN(C)C=O)CCC2)cc1. The van der Waals surface area contributed by atoms with Crippen LogP contribution in [0.5, 0.6) is 0 Å². The monoisotopic (exact) mass is 261 g/mol. The number of amides is 1. The predicted molar refractivity (Wildman–Crippen MR) is 81.4 cm³/mol. The van der Waals surface area contributed by atoms with Crippen LogP contribution in [0, 0.1) is 6.92 Å². The van der Waals surface area contributed by atoms with Gasteiger partial charge in [0.05, 0.1) is 0 Å². The molecule has 2 heteroatoms. The van der Waals surface area contributed by atoms with Crippen LogP contribution in [0.2, 0.25) is 0 Å². The number of carbonyl (C=O) groups is 1. The lowest BCUT2D eigenvalue weighted by atomic mass is 9.62. The molecule has 1 aliphatic rings. The first-order valence-corrected chi connectivity index (χ1v) is 7.39. The van der Waals surface area contributed by atoms with E-state index in [1.54, 1.807) is 4.90 Å². The standard InChI is InChI=1S/C15H21NO.C2H6/c1-13-4-6-14(7-5-13)15(8-3-9-15)10-11-16(2)12-17;1-2/h4-7,12H,3,8-11H2,1-2H3;1-2H3. The number of benzene rings is 1. The molecule has 0 bridgehead atoms. The Morgan fingerprint density at radius 2 is 1.79 bits per heavy atom. The van der Waals surface area contributed by atoms with Crippen molar-refractivity contribution in [1.82, 2.24) is 4.90 Å². The van der Waals surface area contributed by atoms with Crippen molar-refractivity contribution in [2.24, 2.45) is 0 Å². The van der Waals surface area contributed by atoms with Gasteiger partial charge in [0.1, 0.15) is 0 Å². The van der Waals surface area contributed by atoms with Crippen LogP contribution in [0.15, 0.2) is 24.3 Å². The third kappa shape index (κ3) is 3.82. The maximum absolute atomic E-state index is 10.6. The lowest BCUT2D eigenvalue weighted by molar-refractivity contribution is -0.117. The quantitative estimate of drug-likeness (QED) is 0.736. The van der Waals surface area contributed by atoms with Crippen LogP contribution in [0.25, 0.3) is 0 Å². The Bertz CT molecular complexity index is 379. The Morgan fingerprint density at radius 1 is 1.21 bits per heavy atom. The molecule has 1 aromatic carbocycles. The molecule has 0 saturated heterocycles. The largest absolute Gasteiger partial charge is 0.348 e. The lowest BCUT2D eigenvalue weighted by Crippen LogP contribution is -2.37. The van der Waals surface area contributed by atoms with Crippen LogP contribution in [0.3, 0.4) is 0 Å². The molecule has 19 heavy (non-hydrogen) atoms. The Kier molecular flexibility index (Phi) is 6.07. The molecule has 0 aliphatic heterocycles. The van der Waals surface area contributed by atoms with E-state index in [-0.39, 0.29) is 0 Å². The molecule has 106 valence electrons. The Labute approximate surface area is 117 Å². The maximum atomic E-state index is 10.6. The predicted octanol–water partition coefficient (Wildman–Crippen LogP) is 3.92. The fourth-order valence-corrected chi connectivity index (χ4v) is 2.64. The van der Waals surface area contributed by atoms with Gasteiger partial charge in [-0.3, -0.25) is 4.79 Å². The van der Waals surface area contributed by atoms with Crippen LogP contribution >= 0.6 is 0 Å². The summed E-state index contributed by atoms with van der Waals surface area (Å²) in [4.78, 5) is 12.4. The molecule has 0 radical (unpaired) electrons. The van der Waals surface area contributed by atoms with Crippen LogP contribution in [-0.4, -0.2) is 24.9 Å². The van der Waals surface area contributed by atoms with Crippen LogP contribution in [-0.2, 0) is 10.2 Å². The Balaban J connectivity index is 0.000000861. The topological polar surface area (TPSA) is 20.3 Å². The maximum Gasteiger partial charge on any atom is 0.209 e. The normalized spacial score (nSPS) is 15.8. The van der Waals surface area contributed by atoms with Crippen molar-refractivity contribution in [1.29, 1.82) is 0 Å². The van der Waals surface area contributed by atoms with Crippen molar-refractivity contribution < 1.29 is 4.79 Å². The molecule has 2 nitrogen and oxygen atoms in total. The van der Waals surface area contributed by atoms with E-state index >= 15 is 0 Å². The van der Waals surface area contributed by atoms with Crippen molar-refractivity contribution in [2.75, 3.05) is 13.6 Å². The van der Waals surface area contributed by atoms with Crippen molar-refractivity contribution >= 4 is 6.41 Å². The zero-order chi connectivity index (χ0) is 14.3. The minimum absolute atomic E-state index is 0.338. The molecule has 1 saturated carbocycles. The summed E-state index contributed by atoms with van der Waals surface area (Å²) >= 11 is 0. The summed E-state index contributed by atoms with van der Waals surface area (Å²) in [5, 5.41) is 0. The van der Waals surface area contributed by atoms with E-state index in [0.29, 0.717) is 5.41 Å². The van der Waals surface area contributed by atoms with Crippen molar-refractivity contribution in [2.45, 2.75) is 51.9 Å². The second kappa shape index (κ2) is 7.32. The fraction of sp³-hybridized carbons (Fsp3) is 0.588. The minimum Gasteiger partial charge on any atom is -0.348 e. The molecular formula is C17H27NO. The molecule has 0 unspecified atom stereocenters. The van der Waals surface area contributed by atoms with Gasteiger partial charge in [0.15, 0.2) is 0 Å². The van der Waals surface area contributed by atoms with Crippen molar-refractivity contribution in [3.8, 4) is 0 Å². The highest BCUT2D eigenvalue weighted by Crippen LogP contribution is 2.46. The van der Waals surface area contributed by atoms with E-state index in [2.05, 4.69) is 31.2 Å². The fourth-order valence-electron chi connectivity index (χ4n) is 2.64. The number of nitrogens with zero attached hydrogens (tertiary/aromatic N) is 1. The average molecular weight is 261 g/mol. The number of hydrogen-bond donors (Lipinski definition) is 0. The van der Waals surface area contributed by atoms with Crippen LogP contribution in [0.1, 0.15) is 50.7 Å². The third-order valence-electron chi connectivity index (χ3n) is 4.10. The molecule has 0 N–H and O–H groups in total.